The molecule has 0 saturated carbocycles. The number of ether oxygens (including phenoxy) is 1. The number of amides is 1. The number of carbonyl (C=O) groups excluding carboxylic acids is 1. The van der Waals surface area contributed by atoms with E-state index in [1.165, 1.54) is 7.11 Å². The van der Waals surface area contributed by atoms with E-state index < -0.39 is 0 Å². The van der Waals surface area contributed by atoms with Crippen molar-refractivity contribution in [2.75, 3.05) is 19.9 Å². The molecule has 0 unspecified atom stereocenters. The molecule has 0 saturated heterocycles. The SMILES string of the molecule is COc1ccc(N)cc1C(=O)N(C)Cc1cccc(C)n1. The summed E-state index contributed by atoms with van der Waals surface area (Å²) in [6, 6.07) is 10.8. The van der Waals surface area contributed by atoms with Crippen LogP contribution in [0.25, 0.3) is 0 Å². The predicted octanol–water partition coefficient (Wildman–Crippen LogP) is 2.25. The Balaban J connectivity index is 2.21. The van der Waals surface area contributed by atoms with Gasteiger partial charge < -0.3 is 15.4 Å². The molecule has 0 bridgehead atoms. The van der Waals surface area contributed by atoms with Crippen molar-refractivity contribution in [3.05, 3.63) is 53.3 Å². The molecule has 0 radical (unpaired) electrons. The summed E-state index contributed by atoms with van der Waals surface area (Å²) in [4.78, 5) is 18.5. The lowest BCUT2D eigenvalue weighted by Crippen LogP contribution is -2.27. The zero-order chi connectivity index (χ0) is 15.4. The van der Waals surface area contributed by atoms with E-state index in [-0.39, 0.29) is 5.91 Å². The maximum absolute atomic E-state index is 12.5. The molecule has 2 N–H and O–H groups in total. The van der Waals surface area contributed by atoms with Crippen molar-refractivity contribution >= 4 is 11.6 Å². The largest absolute Gasteiger partial charge is 0.496 e. The van der Waals surface area contributed by atoms with Crippen LogP contribution in [0, 0.1) is 6.92 Å². The van der Waals surface area contributed by atoms with E-state index in [2.05, 4.69) is 4.98 Å². The van der Waals surface area contributed by atoms with Gasteiger partial charge in [0.15, 0.2) is 0 Å². The van der Waals surface area contributed by atoms with Crippen molar-refractivity contribution in [2.24, 2.45) is 0 Å². The van der Waals surface area contributed by atoms with Crippen molar-refractivity contribution in [1.29, 1.82) is 0 Å². The lowest BCUT2D eigenvalue weighted by atomic mass is 10.1. The van der Waals surface area contributed by atoms with Gasteiger partial charge in [-0.05, 0) is 37.3 Å². The number of carbonyl (C=O) groups is 1. The number of nitrogen functional groups attached to an aromatic ring is 1. The van der Waals surface area contributed by atoms with Crippen LogP contribution in [0.5, 0.6) is 5.75 Å². The molecule has 0 spiro atoms. The second-order valence-electron chi connectivity index (χ2n) is 4.89. The summed E-state index contributed by atoms with van der Waals surface area (Å²) >= 11 is 0. The minimum atomic E-state index is -0.151. The molecular weight excluding hydrogens is 266 g/mol. The van der Waals surface area contributed by atoms with Gasteiger partial charge >= 0.3 is 0 Å². The van der Waals surface area contributed by atoms with Gasteiger partial charge in [-0.15, -0.1) is 0 Å². The molecule has 21 heavy (non-hydrogen) atoms. The van der Waals surface area contributed by atoms with E-state index in [1.54, 1.807) is 30.1 Å². The third kappa shape index (κ3) is 3.51. The number of nitrogens with two attached hydrogens (primary N) is 1. The minimum absolute atomic E-state index is 0.151. The summed E-state index contributed by atoms with van der Waals surface area (Å²) in [6.45, 7) is 2.35. The Labute approximate surface area is 124 Å². The molecule has 2 rings (SSSR count). The van der Waals surface area contributed by atoms with Crippen LogP contribution in [0.2, 0.25) is 0 Å². The van der Waals surface area contributed by atoms with Crippen LogP contribution in [0.4, 0.5) is 5.69 Å². The average Bonchev–Trinajstić information content (AvgIpc) is 2.46. The summed E-state index contributed by atoms with van der Waals surface area (Å²) in [5, 5.41) is 0. The van der Waals surface area contributed by atoms with Crippen molar-refractivity contribution in [3.8, 4) is 5.75 Å². The number of rotatable bonds is 4. The molecule has 0 aliphatic rings. The molecule has 1 aromatic carbocycles. The molecule has 5 heteroatoms. The number of hydrogen-bond acceptors (Lipinski definition) is 4. The quantitative estimate of drug-likeness (QED) is 0.875. The molecule has 0 aliphatic carbocycles. The van der Waals surface area contributed by atoms with Gasteiger partial charge in [0.2, 0.25) is 0 Å². The predicted molar refractivity (Wildman–Crippen MR) is 82.2 cm³/mol. The Morgan fingerprint density at radius 3 is 2.76 bits per heavy atom. The fourth-order valence-electron chi connectivity index (χ4n) is 2.10. The number of aryl methyl sites for hydroxylation is 1. The van der Waals surface area contributed by atoms with Gasteiger partial charge in [0, 0.05) is 18.4 Å². The monoisotopic (exact) mass is 285 g/mol. The first-order valence-corrected chi connectivity index (χ1v) is 6.63. The topological polar surface area (TPSA) is 68.5 Å². The summed E-state index contributed by atoms with van der Waals surface area (Å²) in [5.41, 5.74) is 8.50. The highest BCUT2D eigenvalue weighted by Crippen LogP contribution is 2.22. The van der Waals surface area contributed by atoms with Crippen molar-refractivity contribution in [3.63, 3.8) is 0 Å². The zero-order valence-electron chi connectivity index (χ0n) is 12.5. The number of benzene rings is 1. The molecule has 0 atom stereocenters. The summed E-state index contributed by atoms with van der Waals surface area (Å²) in [5.74, 6) is 0.362. The van der Waals surface area contributed by atoms with E-state index in [4.69, 9.17) is 10.5 Å². The Kier molecular flexibility index (Phi) is 4.42. The molecule has 5 nitrogen and oxygen atoms in total. The molecule has 110 valence electrons. The van der Waals surface area contributed by atoms with Crippen LogP contribution in [-0.4, -0.2) is 29.9 Å². The van der Waals surface area contributed by atoms with Crippen molar-refractivity contribution < 1.29 is 9.53 Å². The normalized spacial score (nSPS) is 10.2. The Hall–Kier alpha value is -2.56. The Bertz CT molecular complexity index is 656. The maximum atomic E-state index is 12.5. The zero-order valence-corrected chi connectivity index (χ0v) is 12.5. The van der Waals surface area contributed by atoms with Gasteiger partial charge in [0.1, 0.15) is 5.75 Å². The van der Waals surface area contributed by atoms with Gasteiger partial charge in [0.25, 0.3) is 5.91 Å². The van der Waals surface area contributed by atoms with Crippen molar-refractivity contribution in [1.82, 2.24) is 9.88 Å². The highest BCUT2D eigenvalue weighted by Gasteiger charge is 2.17. The summed E-state index contributed by atoms with van der Waals surface area (Å²) in [7, 11) is 3.26. The van der Waals surface area contributed by atoms with Crippen LogP contribution in [0.3, 0.4) is 0 Å². The average molecular weight is 285 g/mol. The molecule has 0 fully saturated rings. The van der Waals surface area contributed by atoms with Gasteiger partial charge in [-0.2, -0.15) is 0 Å². The third-order valence-corrected chi connectivity index (χ3v) is 3.15. The number of nitrogens with zero attached hydrogens (tertiary/aromatic N) is 2. The highest BCUT2D eigenvalue weighted by atomic mass is 16.5. The fraction of sp³-hybridized carbons (Fsp3) is 0.250. The number of aromatic nitrogens is 1. The maximum Gasteiger partial charge on any atom is 0.257 e. The van der Waals surface area contributed by atoms with E-state index in [0.717, 1.165) is 11.4 Å². The Morgan fingerprint density at radius 2 is 2.10 bits per heavy atom. The smallest absolute Gasteiger partial charge is 0.257 e. The fourth-order valence-corrected chi connectivity index (χ4v) is 2.10. The van der Waals surface area contributed by atoms with Crippen LogP contribution >= 0.6 is 0 Å². The first-order chi connectivity index (χ1) is 10.0. The highest BCUT2D eigenvalue weighted by molar-refractivity contribution is 5.97. The minimum Gasteiger partial charge on any atom is -0.496 e. The molecule has 1 amide bonds. The van der Waals surface area contributed by atoms with Crippen LogP contribution in [0.1, 0.15) is 21.7 Å². The van der Waals surface area contributed by atoms with Crippen LogP contribution in [-0.2, 0) is 6.54 Å². The van der Waals surface area contributed by atoms with Gasteiger partial charge in [-0.3, -0.25) is 9.78 Å². The number of pyridine rings is 1. The molecule has 1 heterocycles. The lowest BCUT2D eigenvalue weighted by molar-refractivity contribution is 0.0780. The Morgan fingerprint density at radius 1 is 1.33 bits per heavy atom. The van der Waals surface area contributed by atoms with Gasteiger partial charge in [0.05, 0.1) is 24.9 Å². The van der Waals surface area contributed by atoms with Crippen LogP contribution < -0.4 is 10.5 Å². The van der Waals surface area contributed by atoms with Gasteiger partial charge in [-0.1, -0.05) is 6.07 Å². The molecule has 0 aliphatic heterocycles. The van der Waals surface area contributed by atoms with E-state index in [1.807, 2.05) is 25.1 Å². The third-order valence-electron chi connectivity index (χ3n) is 3.15. The van der Waals surface area contributed by atoms with E-state index in [0.29, 0.717) is 23.5 Å². The number of hydrogen-bond donors (Lipinski definition) is 1. The second-order valence-corrected chi connectivity index (χ2v) is 4.89. The van der Waals surface area contributed by atoms with Gasteiger partial charge in [-0.25, -0.2) is 0 Å². The lowest BCUT2D eigenvalue weighted by Gasteiger charge is -2.18. The number of methoxy groups -OCH3 is 1. The molecule has 1 aromatic heterocycles. The molecular formula is C16H19N3O2. The summed E-state index contributed by atoms with van der Waals surface area (Å²) < 4.78 is 5.22. The van der Waals surface area contributed by atoms with E-state index >= 15 is 0 Å². The first kappa shape index (κ1) is 14.8. The van der Waals surface area contributed by atoms with Crippen LogP contribution in [0.15, 0.2) is 36.4 Å². The second kappa shape index (κ2) is 6.26. The standard InChI is InChI=1S/C16H19N3O2/c1-11-5-4-6-13(18-11)10-19(2)16(20)14-9-12(17)7-8-15(14)21-3/h4-9H,10,17H2,1-3H3. The first-order valence-electron chi connectivity index (χ1n) is 6.63. The molecule has 2 aromatic rings. The van der Waals surface area contributed by atoms with E-state index in [9.17, 15) is 4.79 Å². The number of anilines is 1. The summed E-state index contributed by atoms with van der Waals surface area (Å²) in [6.07, 6.45) is 0. The van der Waals surface area contributed by atoms with Crippen molar-refractivity contribution in [2.45, 2.75) is 13.5 Å².